The quantitative estimate of drug-likeness (QED) is 0.264. The Bertz CT molecular complexity index is 248. The first kappa shape index (κ1) is 8.75. The van der Waals surface area contributed by atoms with Crippen LogP contribution < -0.4 is 0 Å². The lowest BCUT2D eigenvalue weighted by molar-refractivity contribution is -0.139. The van der Waals surface area contributed by atoms with Gasteiger partial charge in [0.1, 0.15) is 12.7 Å². The molecule has 0 radical (unpaired) electrons. The fraction of sp³-hybridized carbons (Fsp3) is 0.500. The van der Waals surface area contributed by atoms with E-state index in [0.717, 1.165) is 6.08 Å². The van der Waals surface area contributed by atoms with E-state index in [1.54, 1.807) is 13.0 Å². The topological polar surface area (TPSA) is 62.6 Å². The zero-order valence-corrected chi connectivity index (χ0v) is 6.74. The predicted molar refractivity (Wildman–Crippen MR) is 40.1 cm³/mol. The Balaban J connectivity index is 2.26. The van der Waals surface area contributed by atoms with Gasteiger partial charge in [0.2, 0.25) is 0 Å². The first-order valence-electron chi connectivity index (χ1n) is 3.59. The lowest BCUT2D eigenvalue weighted by atomic mass is 10.3. The van der Waals surface area contributed by atoms with Crippen LogP contribution in [0.4, 0.5) is 0 Å². The maximum Gasteiger partial charge on any atom is 0.334 e. The van der Waals surface area contributed by atoms with Crippen molar-refractivity contribution in [1.82, 2.24) is 0 Å². The average molecular weight is 167 g/mol. The van der Waals surface area contributed by atoms with Crippen LogP contribution in [0.2, 0.25) is 0 Å². The summed E-state index contributed by atoms with van der Waals surface area (Å²) in [5.41, 5.74) is 0.318. The number of nitriles is 1. The van der Waals surface area contributed by atoms with Crippen LogP contribution in [-0.4, -0.2) is 25.3 Å². The van der Waals surface area contributed by atoms with Gasteiger partial charge in [-0.2, -0.15) is 5.26 Å². The largest absolute Gasteiger partial charge is 0.459 e. The number of ether oxygens (including phenoxy) is 2. The molecule has 64 valence electrons. The second-order valence-electron chi connectivity index (χ2n) is 2.51. The van der Waals surface area contributed by atoms with E-state index in [4.69, 9.17) is 14.7 Å². The fourth-order valence-corrected chi connectivity index (χ4v) is 0.602. The third-order valence-electron chi connectivity index (χ3n) is 1.41. The van der Waals surface area contributed by atoms with Gasteiger partial charge in [-0.05, 0) is 6.92 Å². The number of epoxide rings is 1. The SMILES string of the molecule is CC(=CC#N)C(=O)OCC1CO1. The Morgan fingerprint density at radius 3 is 3.08 bits per heavy atom. The van der Waals surface area contributed by atoms with E-state index in [1.807, 2.05) is 0 Å². The van der Waals surface area contributed by atoms with Crippen molar-refractivity contribution in [2.45, 2.75) is 13.0 Å². The molecule has 4 nitrogen and oxygen atoms in total. The molecular weight excluding hydrogens is 158 g/mol. The fourth-order valence-electron chi connectivity index (χ4n) is 0.602. The summed E-state index contributed by atoms with van der Waals surface area (Å²) in [7, 11) is 0. The maximum atomic E-state index is 11.0. The lowest BCUT2D eigenvalue weighted by Crippen LogP contribution is -2.10. The van der Waals surface area contributed by atoms with Crippen LogP contribution in [0.1, 0.15) is 6.92 Å². The first-order chi connectivity index (χ1) is 5.74. The summed E-state index contributed by atoms with van der Waals surface area (Å²) in [5.74, 6) is -0.452. The highest BCUT2D eigenvalue weighted by atomic mass is 16.6. The minimum absolute atomic E-state index is 0.0730. The highest BCUT2D eigenvalue weighted by molar-refractivity contribution is 5.88. The molecule has 1 aliphatic rings. The van der Waals surface area contributed by atoms with E-state index in [-0.39, 0.29) is 12.7 Å². The normalized spacial score (nSPS) is 21.3. The summed E-state index contributed by atoms with van der Waals surface area (Å²) >= 11 is 0. The standard InChI is InChI=1S/C8H9NO3/c1-6(2-3-9)8(10)12-5-7-4-11-7/h2,7H,4-5H2,1H3. The van der Waals surface area contributed by atoms with Crippen LogP contribution >= 0.6 is 0 Å². The van der Waals surface area contributed by atoms with Crippen LogP contribution in [0.25, 0.3) is 0 Å². The molecule has 12 heavy (non-hydrogen) atoms. The first-order valence-corrected chi connectivity index (χ1v) is 3.59. The highest BCUT2D eigenvalue weighted by Gasteiger charge is 2.24. The van der Waals surface area contributed by atoms with Crippen molar-refractivity contribution in [2.75, 3.05) is 13.2 Å². The van der Waals surface area contributed by atoms with Gasteiger partial charge in [-0.15, -0.1) is 0 Å². The maximum absolute atomic E-state index is 11.0. The third kappa shape index (κ3) is 2.72. The molecule has 0 saturated carbocycles. The third-order valence-corrected chi connectivity index (χ3v) is 1.41. The molecule has 4 heteroatoms. The van der Waals surface area contributed by atoms with E-state index in [2.05, 4.69) is 0 Å². The number of carbonyl (C=O) groups excluding carboxylic acids is 1. The molecule has 0 aromatic carbocycles. The van der Waals surface area contributed by atoms with E-state index in [9.17, 15) is 4.79 Å². The number of hydrogen-bond acceptors (Lipinski definition) is 4. The Hall–Kier alpha value is -1.34. The van der Waals surface area contributed by atoms with Crippen molar-refractivity contribution >= 4 is 5.97 Å². The minimum atomic E-state index is -0.452. The van der Waals surface area contributed by atoms with Crippen LogP contribution in [0.15, 0.2) is 11.6 Å². The molecule has 0 aromatic heterocycles. The van der Waals surface area contributed by atoms with Crippen molar-refractivity contribution in [2.24, 2.45) is 0 Å². The Morgan fingerprint density at radius 2 is 2.58 bits per heavy atom. The van der Waals surface area contributed by atoms with Gasteiger partial charge >= 0.3 is 5.97 Å². The van der Waals surface area contributed by atoms with Crippen LogP contribution in [0.5, 0.6) is 0 Å². The minimum Gasteiger partial charge on any atom is -0.459 e. The average Bonchev–Trinajstić information content (AvgIpc) is 2.83. The van der Waals surface area contributed by atoms with Gasteiger partial charge in [0.25, 0.3) is 0 Å². The zero-order valence-electron chi connectivity index (χ0n) is 6.74. The number of rotatable bonds is 3. The van der Waals surface area contributed by atoms with Crippen molar-refractivity contribution < 1.29 is 14.3 Å². The summed E-state index contributed by atoms with van der Waals surface area (Å²) in [5, 5.41) is 8.22. The highest BCUT2D eigenvalue weighted by Crippen LogP contribution is 2.09. The van der Waals surface area contributed by atoms with Gasteiger partial charge in [0, 0.05) is 11.6 Å². The number of esters is 1. The van der Waals surface area contributed by atoms with E-state index < -0.39 is 5.97 Å². The monoisotopic (exact) mass is 167 g/mol. The molecule has 0 amide bonds. The number of carbonyl (C=O) groups is 1. The van der Waals surface area contributed by atoms with Gasteiger partial charge in [-0.25, -0.2) is 4.79 Å². The van der Waals surface area contributed by atoms with Crippen molar-refractivity contribution in [3.8, 4) is 6.07 Å². The molecule has 1 unspecified atom stereocenters. The summed E-state index contributed by atoms with van der Waals surface area (Å²) in [6, 6.07) is 1.76. The van der Waals surface area contributed by atoms with Gasteiger partial charge in [0.05, 0.1) is 12.7 Å². The van der Waals surface area contributed by atoms with E-state index in [0.29, 0.717) is 12.2 Å². The van der Waals surface area contributed by atoms with E-state index >= 15 is 0 Å². The van der Waals surface area contributed by atoms with Crippen molar-refractivity contribution in [1.29, 1.82) is 5.26 Å². The summed E-state index contributed by atoms with van der Waals surface area (Å²) in [6.07, 6.45) is 1.24. The molecule has 0 bridgehead atoms. The number of nitrogens with zero attached hydrogens (tertiary/aromatic N) is 1. The lowest BCUT2D eigenvalue weighted by Gasteiger charge is -2.00. The molecule has 1 rings (SSSR count). The van der Waals surface area contributed by atoms with Crippen molar-refractivity contribution in [3.63, 3.8) is 0 Å². The second kappa shape index (κ2) is 3.88. The summed E-state index contributed by atoms with van der Waals surface area (Å²) in [6.45, 7) is 2.49. The number of hydrogen-bond donors (Lipinski definition) is 0. The molecule has 1 heterocycles. The molecule has 0 aromatic rings. The number of allylic oxidation sites excluding steroid dienone is 1. The predicted octanol–water partition coefficient (Wildman–Crippen LogP) is 0.398. The zero-order chi connectivity index (χ0) is 8.97. The van der Waals surface area contributed by atoms with Crippen LogP contribution in [-0.2, 0) is 14.3 Å². The molecular formula is C8H9NO3. The van der Waals surface area contributed by atoms with Gasteiger partial charge in [0.15, 0.2) is 0 Å². The van der Waals surface area contributed by atoms with Crippen LogP contribution in [0, 0.1) is 11.3 Å². The Labute approximate surface area is 70.4 Å². The van der Waals surface area contributed by atoms with Crippen molar-refractivity contribution in [3.05, 3.63) is 11.6 Å². The smallest absolute Gasteiger partial charge is 0.334 e. The van der Waals surface area contributed by atoms with E-state index in [1.165, 1.54) is 0 Å². The molecule has 1 aliphatic heterocycles. The molecule has 1 saturated heterocycles. The molecule has 0 N–H and O–H groups in total. The molecule has 1 atom stereocenters. The molecule has 0 aliphatic carbocycles. The van der Waals surface area contributed by atoms with Crippen LogP contribution in [0.3, 0.4) is 0 Å². The Kier molecular flexibility index (Phi) is 2.83. The summed E-state index contributed by atoms with van der Waals surface area (Å²) in [4.78, 5) is 11.0. The molecule has 1 fully saturated rings. The van der Waals surface area contributed by atoms with Gasteiger partial charge in [-0.1, -0.05) is 0 Å². The van der Waals surface area contributed by atoms with Gasteiger partial charge < -0.3 is 9.47 Å². The van der Waals surface area contributed by atoms with Gasteiger partial charge in [-0.3, -0.25) is 0 Å². The molecule has 0 spiro atoms. The summed E-state index contributed by atoms with van der Waals surface area (Å²) < 4.78 is 9.63. The second-order valence-corrected chi connectivity index (χ2v) is 2.51. The Morgan fingerprint density at radius 1 is 1.92 bits per heavy atom.